The normalized spacial score (nSPS) is 14.6. The first-order valence-electron chi connectivity index (χ1n) is 9.65. The standard InChI is InChI=1S/C23H25N3O/c1-3-18-8-10-19(11-9-18)25-12-14-26(15-13-25)23(27)21-16-17(2)24-22-7-5-4-6-20(21)22/h4-11,16H,3,12-15H2,1-2H3. The smallest absolute Gasteiger partial charge is 0.254 e. The van der Waals surface area contributed by atoms with E-state index in [2.05, 4.69) is 41.1 Å². The van der Waals surface area contributed by atoms with Crippen LogP contribution < -0.4 is 4.90 Å². The molecule has 0 unspecified atom stereocenters. The molecule has 2 heterocycles. The maximum Gasteiger partial charge on any atom is 0.254 e. The molecule has 4 nitrogen and oxygen atoms in total. The summed E-state index contributed by atoms with van der Waals surface area (Å²) in [5, 5.41) is 0.936. The van der Waals surface area contributed by atoms with Crippen molar-refractivity contribution in [3.8, 4) is 0 Å². The van der Waals surface area contributed by atoms with Gasteiger partial charge in [0, 0.05) is 42.9 Å². The first-order chi connectivity index (χ1) is 13.2. The van der Waals surface area contributed by atoms with Gasteiger partial charge < -0.3 is 9.80 Å². The van der Waals surface area contributed by atoms with Crippen molar-refractivity contribution in [2.24, 2.45) is 0 Å². The van der Waals surface area contributed by atoms with E-state index in [4.69, 9.17) is 0 Å². The molecule has 0 aliphatic carbocycles. The molecule has 1 saturated heterocycles. The highest BCUT2D eigenvalue weighted by molar-refractivity contribution is 6.06. The highest BCUT2D eigenvalue weighted by atomic mass is 16.2. The number of anilines is 1. The lowest BCUT2D eigenvalue weighted by molar-refractivity contribution is 0.0748. The van der Waals surface area contributed by atoms with Crippen LogP contribution in [0.15, 0.2) is 54.6 Å². The van der Waals surface area contributed by atoms with Gasteiger partial charge in [0.15, 0.2) is 0 Å². The summed E-state index contributed by atoms with van der Waals surface area (Å²) in [6.45, 7) is 7.32. The van der Waals surface area contributed by atoms with Crippen molar-refractivity contribution in [1.29, 1.82) is 0 Å². The molecule has 0 atom stereocenters. The summed E-state index contributed by atoms with van der Waals surface area (Å²) in [5.41, 5.74) is 5.12. The molecule has 1 amide bonds. The zero-order valence-electron chi connectivity index (χ0n) is 16.0. The van der Waals surface area contributed by atoms with E-state index in [9.17, 15) is 4.79 Å². The topological polar surface area (TPSA) is 36.4 Å². The third-order valence-corrected chi connectivity index (χ3v) is 5.35. The predicted octanol–water partition coefficient (Wildman–Crippen LogP) is 4.07. The van der Waals surface area contributed by atoms with E-state index in [1.165, 1.54) is 11.3 Å². The molecule has 4 heteroatoms. The fraction of sp³-hybridized carbons (Fsp3) is 0.304. The molecule has 2 aromatic carbocycles. The van der Waals surface area contributed by atoms with Crippen LogP contribution in [0.2, 0.25) is 0 Å². The van der Waals surface area contributed by atoms with E-state index in [1.54, 1.807) is 0 Å². The summed E-state index contributed by atoms with van der Waals surface area (Å²) in [7, 11) is 0. The van der Waals surface area contributed by atoms with Gasteiger partial charge in [0.05, 0.1) is 11.1 Å². The van der Waals surface area contributed by atoms with E-state index in [1.807, 2.05) is 42.2 Å². The number of rotatable bonds is 3. The minimum Gasteiger partial charge on any atom is -0.368 e. The third kappa shape index (κ3) is 3.52. The van der Waals surface area contributed by atoms with Crippen molar-refractivity contribution in [2.75, 3.05) is 31.1 Å². The lowest BCUT2D eigenvalue weighted by atomic mass is 10.1. The minimum atomic E-state index is 0.109. The summed E-state index contributed by atoms with van der Waals surface area (Å²) in [6, 6.07) is 18.6. The number of para-hydroxylation sites is 1. The van der Waals surface area contributed by atoms with Crippen molar-refractivity contribution in [1.82, 2.24) is 9.88 Å². The SMILES string of the molecule is CCc1ccc(N2CCN(C(=O)c3cc(C)nc4ccccc34)CC2)cc1. The number of nitrogens with zero attached hydrogens (tertiary/aromatic N) is 3. The summed E-state index contributed by atoms with van der Waals surface area (Å²) >= 11 is 0. The average molecular weight is 359 g/mol. The highest BCUT2D eigenvalue weighted by Crippen LogP contribution is 2.22. The number of aryl methyl sites for hydroxylation is 2. The van der Waals surface area contributed by atoms with Crippen LogP contribution in [0.5, 0.6) is 0 Å². The second-order valence-corrected chi connectivity index (χ2v) is 7.13. The Kier molecular flexibility index (Phi) is 4.80. The van der Waals surface area contributed by atoms with E-state index in [0.29, 0.717) is 0 Å². The van der Waals surface area contributed by atoms with Gasteiger partial charge in [-0.15, -0.1) is 0 Å². The first kappa shape index (κ1) is 17.5. The minimum absolute atomic E-state index is 0.109. The maximum absolute atomic E-state index is 13.2. The molecule has 0 radical (unpaired) electrons. The number of piperazine rings is 1. The quantitative estimate of drug-likeness (QED) is 0.707. The van der Waals surface area contributed by atoms with Gasteiger partial charge in [0.1, 0.15) is 0 Å². The van der Waals surface area contributed by atoms with Gasteiger partial charge in [-0.05, 0) is 43.2 Å². The van der Waals surface area contributed by atoms with E-state index in [-0.39, 0.29) is 5.91 Å². The van der Waals surface area contributed by atoms with Crippen LogP contribution in [-0.2, 0) is 6.42 Å². The van der Waals surface area contributed by atoms with Crippen molar-refractivity contribution in [2.45, 2.75) is 20.3 Å². The van der Waals surface area contributed by atoms with Gasteiger partial charge in [-0.1, -0.05) is 37.3 Å². The predicted molar refractivity (Wildman–Crippen MR) is 110 cm³/mol. The van der Waals surface area contributed by atoms with Crippen LogP contribution in [0.25, 0.3) is 10.9 Å². The van der Waals surface area contributed by atoms with Gasteiger partial charge in [0.2, 0.25) is 0 Å². The second kappa shape index (κ2) is 7.39. The Bertz CT molecular complexity index is 957. The van der Waals surface area contributed by atoms with Crippen LogP contribution in [-0.4, -0.2) is 42.0 Å². The Balaban J connectivity index is 1.50. The molecule has 1 aromatic heterocycles. The number of carbonyl (C=O) groups excluding carboxylic acids is 1. The number of aromatic nitrogens is 1. The molecule has 1 aliphatic rings. The fourth-order valence-corrected chi connectivity index (χ4v) is 3.77. The van der Waals surface area contributed by atoms with Crippen molar-refractivity contribution in [3.63, 3.8) is 0 Å². The molecule has 1 fully saturated rings. The van der Waals surface area contributed by atoms with E-state index >= 15 is 0 Å². The molecule has 3 aromatic rings. The molecular weight excluding hydrogens is 334 g/mol. The molecular formula is C23H25N3O. The van der Waals surface area contributed by atoms with Gasteiger partial charge >= 0.3 is 0 Å². The van der Waals surface area contributed by atoms with Crippen LogP contribution >= 0.6 is 0 Å². The van der Waals surface area contributed by atoms with Gasteiger partial charge in [0.25, 0.3) is 5.91 Å². The van der Waals surface area contributed by atoms with Gasteiger partial charge in [-0.25, -0.2) is 0 Å². The van der Waals surface area contributed by atoms with Crippen molar-refractivity contribution >= 4 is 22.5 Å². The first-order valence-corrected chi connectivity index (χ1v) is 9.65. The molecule has 1 aliphatic heterocycles. The Morgan fingerprint density at radius 1 is 1.00 bits per heavy atom. The van der Waals surface area contributed by atoms with Crippen LogP contribution in [0.3, 0.4) is 0 Å². The number of hydrogen-bond acceptors (Lipinski definition) is 3. The summed E-state index contributed by atoms with van der Waals surface area (Å²) < 4.78 is 0. The molecule has 4 rings (SSSR count). The number of hydrogen-bond donors (Lipinski definition) is 0. The fourth-order valence-electron chi connectivity index (χ4n) is 3.77. The monoisotopic (exact) mass is 359 g/mol. The summed E-state index contributed by atoms with van der Waals surface area (Å²) in [4.78, 5) is 22.1. The van der Waals surface area contributed by atoms with Crippen LogP contribution in [0, 0.1) is 6.92 Å². The maximum atomic E-state index is 13.2. The zero-order valence-corrected chi connectivity index (χ0v) is 16.0. The Hall–Kier alpha value is -2.88. The molecule has 27 heavy (non-hydrogen) atoms. The van der Waals surface area contributed by atoms with Crippen LogP contribution in [0.4, 0.5) is 5.69 Å². The molecule has 0 spiro atoms. The lowest BCUT2D eigenvalue weighted by Crippen LogP contribution is -2.48. The van der Waals surface area contributed by atoms with E-state index < -0.39 is 0 Å². The summed E-state index contributed by atoms with van der Waals surface area (Å²) in [6.07, 6.45) is 1.06. The van der Waals surface area contributed by atoms with Gasteiger partial charge in [-0.3, -0.25) is 9.78 Å². The Morgan fingerprint density at radius 3 is 2.41 bits per heavy atom. The zero-order chi connectivity index (χ0) is 18.8. The van der Waals surface area contributed by atoms with E-state index in [0.717, 1.165) is 54.8 Å². The number of benzene rings is 2. The molecule has 0 N–H and O–H groups in total. The Morgan fingerprint density at radius 2 is 1.70 bits per heavy atom. The number of fused-ring (bicyclic) bond motifs is 1. The number of amides is 1. The Labute approximate surface area is 160 Å². The number of carbonyl (C=O) groups is 1. The van der Waals surface area contributed by atoms with Gasteiger partial charge in [-0.2, -0.15) is 0 Å². The second-order valence-electron chi connectivity index (χ2n) is 7.13. The largest absolute Gasteiger partial charge is 0.368 e. The highest BCUT2D eigenvalue weighted by Gasteiger charge is 2.24. The van der Waals surface area contributed by atoms with Crippen molar-refractivity contribution < 1.29 is 4.79 Å². The third-order valence-electron chi connectivity index (χ3n) is 5.35. The number of pyridine rings is 1. The molecule has 0 bridgehead atoms. The van der Waals surface area contributed by atoms with Crippen LogP contribution in [0.1, 0.15) is 28.5 Å². The molecule has 138 valence electrons. The lowest BCUT2D eigenvalue weighted by Gasteiger charge is -2.36. The van der Waals surface area contributed by atoms with Crippen molar-refractivity contribution in [3.05, 3.63) is 71.4 Å². The average Bonchev–Trinajstić information content (AvgIpc) is 2.73. The summed E-state index contributed by atoms with van der Waals surface area (Å²) in [5.74, 6) is 0.109. The molecule has 0 saturated carbocycles.